The van der Waals surface area contributed by atoms with Crippen molar-refractivity contribution in [3.05, 3.63) is 60.7 Å². The fraction of sp³-hybridized carbons (Fsp3) is 0.429. The first-order chi connectivity index (χ1) is 12.3. The summed E-state index contributed by atoms with van der Waals surface area (Å²) in [5.41, 5.74) is 0. The molecule has 3 nitrogen and oxygen atoms in total. The molecule has 26 heavy (non-hydrogen) atoms. The maximum absolute atomic E-state index is 6.75. The van der Waals surface area contributed by atoms with E-state index in [0.717, 1.165) is 0 Å². The molecule has 0 radical (unpaired) electrons. The highest BCUT2D eigenvalue weighted by molar-refractivity contribution is 7.73. The molecule has 1 aliphatic heterocycles. The summed E-state index contributed by atoms with van der Waals surface area (Å²) in [7, 11) is -2.51. The second kappa shape index (κ2) is 7.91. The lowest BCUT2D eigenvalue weighted by Gasteiger charge is -2.36. The van der Waals surface area contributed by atoms with Crippen molar-refractivity contribution in [1.29, 1.82) is 0 Å². The fourth-order valence-electron chi connectivity index (χ4n) is 3.13. The van der Waals surface area contributed by atoms with Crippen molar-refractivity contribution in [3.8, 4) is 0 Å². The van der Waals surface area contributed by atoms with Gasteiger partial charge >= 0.3 is 0 Å². The topological polar surface area (TPSA) is 27.7 Å². The molecular weight excluding hydrogens is 359 g/mol. The molecule has 0 saturated carbocycles. The van der Waals surface area contributed by atoms with Crippen LogP contribution in [0.3, 0.4) is 0 Å². The molecule has 0 unspecified atom stereocenters. The maximum Gasteiger partial charge on any atom is 0.184 e. The Kier molecular flexibility index (Phi) is 6.00. The van der Waals surface area contributed by atoms with Crippen molar-refractivity contribution in [2.24, 2.45) is 0 Å². The van der Waals surface area contributed by atoms with Crippen molar-refractivity contribution in [1.82, 2.24) is 0 Å². The van der Waals surface area contributed by atoms with Gasteiger partial charge in [0.2, 0.25) is 0 Å². The number of ether oxygens (including phenoxy) is 2. The minimum absolute atomic E-state index is 0.0248. The highest BCUT2D eigenvalue weighted by atomic mass is 31.1. The van der Waals surface area contributed by atoms with Crippen LogP contribution in [0.15, 0.2) is 60.7 Å². The third-order valence-corrected chi connectivity index (χ3v) is 7.96. The van der Waals surface area contributed by atoms with Crippen LogP contribution in [0.1, 0.15) is 13.8 Å². The Morgan fingerprint density at radius 2 is 1.46 bits per heavy atom. The molecule has 0 aromatic heterocycles. The summed E-state index contributed by atoms with van der Waals surface area (Å²) in [6.07, 6.45) is -0.0664. The van der Waals surface area contributed by atoms with E-state index in [2.05, 4.69) is 80.3 Å². The van der Waals surface area contributed by atoms with Crippen molar-refractivity contribution in [2.75, 3.05) is 6.61 Å². The van der Waals surface area contributed by atoms with Crippen LogP contribution in [0.25, 0.3) is 0 Å². The van der Waals surface area contributed by atoms with Crippen LogP contribution < -0.4 is 10.6 Å². The van der Waals surface area contributed by atoms with Gasteiger partial charge in [-0.25, -0.2) is 0 Å². The van der Waals surface area contributed by atoms with Gasteiger partial charge in [-0.05, 0) is 52.0 Å². The largest absolute Gasteiger partial charge is 0.408 e. The van der Waals surface area contributed by atoms with Crippen LogP contribution in [0.4, 0.5) is 0 Å². The zero-order chi connectivity index (χ0) is 18.8. The molecule has 3 rings (SSSR count). The van der Waals surface area contributed by atoms with E-state index >= 15 is 0 Å². The minimum Gasteiger partial charge on any atom is -0.408 e. The first-order valence-corrected chi connectivity index (χ1v) is 14.0. The molecule has 2 aromatic rings. The standard InChI is InChI=1S/C21H29O3PSi/c1-21(2)22-16-19(23-21)20(24-26(3,4)5)25(17-12-8-6-9-13-17)18-14-10-7-11-15-18/h6-15,19-20H,16H2,1-5H3/t19-,20+/m1/s1. The zero-order valence-electron chi connectivity index (χ0n) is 16.3. The number of benzene rings is 2. The minimum atomic E-state index is -1.78. The fourth-order valence-corrected chi connectivity index (χ4v) is 7.73. The Bertz CT molecular complexity index is 661. The summed E-state index contributed by atoms with van der Waals surface area (Å²) in [4.78, 5) is 0. The first kappa shape index (κ1) is 19.7. The number of rotatable bonds is 6. The molecule has 1 fully saturated rings. The van der Waals surface area contributed by atoms with Crippen LogP contribution in [-0.4, -0.2) is 32.7 Å². The summed E-state index contributed by atoms with van der Waals surface area (Å²) in [5.74, 6) is -0.580. The van der Waals surface area contributed by atoms with Crippen LogP contribution >= 0.6 is 7.92 Å². The van der Waals surface area contributed by atoms with E-state index in [0.29, 0.717) is 6.61 Å². The third-order valence-electron chi connectivity index (χ3n) is 4.15. The summed E-state index contributed by atoms with van der Waals surface area (Å²) >= 11 is 0. The van der Waals surface area contributed by atoms with Crippen LogP contribution in [-0.2, 0) is 13.9 Å². The average Bonchev–Trinajstić information content (AvgIpc) is 2.95. The van der Waals surface area contributed by atoms with Gasteiger partial charge < -0.3 is 13.9 Å². The average molecular weight is 389 g/mol. The van der Waals surface area contributed by atoms with Gasteiger partial charge in [-0.1, -0.05) is 60.7 Å². The highest BCUT2D eigenvalue weighted by Crippen LogP contribution is 2.46. The Labute approximate surface area is 159 Å². The van der Waals surface area contributed by atoms with Gasteiger partial charge in [0.25, 0.3) is 0 Å². The van der Waals surface area contributed by atoms with Gasteiger partial charge in [-0.2, -0.15) is 0 Å². The van der Waals surface area contributed by atoms with Crippen LogP contribution in [0.5, 0.6) is 0 Å². The van der Waals surface area contributed by atoms with E-state index in [1.165, 1.54) is 10.6 Å². The lowest BCUT2D eigenvalue weighted by molar-refractivity contribution is -0.144. The third kappa shape index (κ3) is 5.02. The molecule has 1 aliphatic rings. The highest BCUT2D eigenvalue weighted by Gasteiger charge is 2.43. The lowest BCUT2D eigenvalue weighted by atomic mass is 10.4. The summed E-state index contributed by atoms with van der Waals surface area (Å²) < 4.78 is 18.9. The molecule has 0 amide bonds. The maximum atomic E-state index is 6.75. The van der Waals surface area contributed by atoms with Crippen molar-refractivity contribution >= 4 is 26.8 Å². The molecule has 1 heterocycles. The molecule has 2 aromatic carbocycles. The Morgan fingerprint density at radius 3 is 1.85 bits per heavy atom. The van der Waals surface area contributed by atoms with Crippen molar-refractivity contribution in [2.45, 2.75) is 51.2 Å². The molecule has 140 valence electrons. The molecule has 2 atom stereocenters. The predicted molar refractivity (Wildman–Crippen MR) is 112 cm³/mol. The summed E-state index contributed by atoms with van der Waals surface area (Å²) in [6.45, 7) is 11.2. The SMILES string of the molecule is CC1(C)OC[C@H]([C@@H](O[Si](C)(C)C)P(c2ccccc2)c2ccccc2)O1. The summed E-state index contributed by atoms with van der Waals surface area (Å²) in [6, 6.07) is 21.4. The van der Waals surface area contributed by atoms with Gasteiger partial charge in [0.1, 0.15) is 11.9 Å². The monoisotopic (exact) mass is 388 g/mol. The van der Waals surface area contributed by atoms with Crippen LogP contribution in [0, 0.1) is 0 Å². The Balaban J connectivity index is 2.04. The Hall–Kier alpha value is -1.03. The normalized spacial score (nSPS) is 21.1. The number of hydrogen-bond donors (Lipinski definition) is 0. The molecule has 0 bridgehead atoms. The van der Waals surface area contributed by atoms with E-state index in [4.69, 9.17) is 13.9 Å². The van der Waals surface area contributed by atoms with Gasteiger partial charge in [0.15, 0.2) is 14.1 Å². The molecule has 0 spiro atoms. The second-order valence-corrected chi connectivity index (χ2v) is 14.8. The molecule has 0 N–H and O–H groups in total. The van der Waals surface area contributed by atoms with Gasteiger partial charge in [-0.3, -0.25) is 0 Å². The van der Waals surface area contributed by atoms with Crippen LogP contribution in [0.2, 0.25) is 19.6 Å². The van der Waals surface area contributed by atoms with Gasteiger partial charge in [0.05, 0.1) is 6.61 Å². The predicted octanol–water partition coefficient (Wildman–Crippen LogP) is 4.45. The molecule has 5 heteroatoms. The van der Waals surface area contributed by atoms with E-state index in [-0.39, 0.29) is 11.9 Å². The van der Waals surface area contributed by atoms with Crippen molar-refractivity contribution < 1.29 is 13.9 Å². The molecule has 1 saturated heterocycles. The quantitative estimate of drug-likeness (QED) is 0.541. The number of hydrogen-bond acceptors (Lipinski definition) is 3. The Morgan fingerprint density at radius 1 is 0.962 bits per heavy atom. The van der Waals surface area contributed by atoms with E-state index < -0.39 is 22.0 Å². The molecular formula is C21H29O3PSi. The molecule has 0 aliphatic carbocycles. The van der Waals surface area contributed by atoms with E-state index in [1.54, 1.807) is 0 Å². The zero-order valence-corrected chi connectivity index (χ0v) is 18.2. The summed E-state index contributed by atoms with van der Waals surface area (Å²) in [5, 5.41) is 2.62. The van der Waals surface area contributed by atoms with Gasteiger partial charge in [0, 0.05) is 0 Å². The van der Waals surface area contributed by atoms with Crippen molar-refractivity contribution in [3.63, 3.8) is 0 Å². The van der Waals surface area contributed by atoms with E-state index in [9.17, 15) is 0 Å². The smallest absolute Gasteiger partial charge is 0.184 e. The van der Waals surface area contributed by atoms with E-state index in [1.807, 2.05) is 13.8 Å². The first-order valence-electron chi connectivity index (χ1n) is 9.14. The van der Waals surface area contributed by atoms with Gasteiger partial charge in [-0.15, -0.1) is 0 Å². The second-order valence-electron chi connectivity index (χ2n) is 8.03. The lowest BCUT2D eigenvalue weighted by Crippen LogP contribution is -2.43.